The van der Waals surface area contributed by atoms with Gasteiger partial charge in [-0.1, -0.05) is 72.9 Å². The minimum Gasteiger partial charge on any atom is -0.480 e. The molecule has 4 aromatic rings. The van der Waals surface area contributed by atoms with Gasteiger partial charge in [-0.3, -0.25) is 4.79 Å². The average molecular weight is 417 g/mol. The minimum atomic E-state index is -0.943. The molecular weight excluding hydrogens is 396 g/mol. The van der Waals surface area contributed by atoms with Gasteiger partial charge in [0.15, 0.2) is 4.80 Å². The predicted molar refractivity (Wildman–Crippen MR) is 119 cm³/mol. The maximum Gasteiger partial charge on any atom is 0.326 e. The van der Waals surface area contributed by atoms with Crippen LogP contribution in [0.3, 0.4) is 0 Å². The van der Waals surface area contributed by atoms with Gasteiger partial charge in [-0.05, 0) is 41.8 Å². The summed E-state index contributed by atoms with van der Waals surface area (Å²) in [5.41, 5.74) is 3.17. The van der Waals surface area contributed by atoms with Crippen molar-refractivity contribution >= 4 is 33.4 Å². The average Bonchev–Trinajstić information content (AvgIpc) is 3.12. The maximum absolute atomic E-state index is 13.0. The highest BCUT2D eigenvalue weighted by atomic mass is 32.1. The Labute approximate surface area is 177 Å². The van der Waals surface area contributed by atoms with Gasteiger partial charge in [-0.25, -0.2) is 4.79 Å². The standard InChI is InChI=1S/C24H20N2O3S/c1-2-19(23(28)29)26-20-13-6-7-14-21(20)30-24(26)25-22(27)18-12-8-11-17(15-18)16-9-4-3-5-10-16/h3-15,19H,2H2,1H3,(H,28,29). The normalized spacial score (nSPS) is 12.8. The van der Waals surface area contributed by atoms with E-state index in [-0.39, 0.29) is 0 Å². The molecule has 0 saturated carbocycles. The smallest absolute Gasteiger partial charge is 0.326 e. The number of hydrogen-bond donors (Lipinski definition) is 1. The van der Waals surface area contributed by atoms with E-state index in [9.17, 15) is 14.7 Å². The summed E-state index contributed by atoms with van der Waals surface area (Å²) in [7, 11) is 0. The van der Waals surface area contributed by atoms with Gasteiger partial charge in [0.2, 0.25) is 0 Å². The predicted octanol–water partition coefficient (Wildman–Crippen LogP) is 5.15. The number of fused-ring (bicyclic) bond motifs is 1. The van der Waals surface area contributed by atoms with Gasteiger partial charge < -0.3 is 9.67 Å². The van der Waals surface area contributed by atoms with Crippen LogP contribution >= 0.6 is 11.3 Å². The van der Waals surface area contributed by atoms with Crippen LogP contribution in [0.2, 0.25) is 0 Å². The second-order valence-electron chi connectivity index (χ2n) is 6.85. The molecule has 150 valence electrons. The van der Waals surface area contributed by atoms with E-state index in [1.165, 1.54) is 11.3 Å². The van der Waals surface area contributed by atoms with Crippen LogP contribution in [-0.2, 0) is 4.79 Å². The maximum atomic E-state index is 13.0. The van der Waals surface area contributed by atoms with Crippen LogP contribution in [0.25, 0.3) is 21.3 Å². The number of nitrogens with zero attached hydrogens (tertiary/aromatic N) is 2. The highest BCUT2D eigenvalue weighted by Crippen LogP contribution is 2.23. The molecule has 3 aromatic carbocycles. The minimum absolute atomic E-state index is 0.389. The van der Waals surface area contributed by atoms with Crippen LogP contribution < -0.4 is 4.80 Å². The molecule has 0 saturated heterocycles. The van der Waals surface area contributed by atoms with Gasteiger partial charge in [0.25, 0.3) is 5.91 Å². The Hall–Kier alpha value is -3.51. The molecule has 0 spiro atoms. The molecule has 0 fully saturated rings. The lowest BCUT2D eigenvalue weighted by Crippen LogP contribution is -2.27. The zero-order valence-corrected chi connectivity index (χ0v) is 17.2. The second kappa shape index (κ2) is 8.47. The molecular formula is C24H20N2O3S. The third-order valence-corrected chi connectivity index (χ3v) is 5.97. The Morgan fingerprint density at radius 2 is 1.67 bits per heavy atom. The number of carboxylic acids is 1. The zero-order valence-electron chi connectivity index (χ0n) is 16.4. The van der Waals surface area contributed by atoms with Gasteiger partial charge in [0.1, 0.15) is 6.04 Å². The largest absolute Gasteiger partial charge is 0.480 e. The van der Waals surface area contributed by atoms with E-state index in [2.05, 4.69) is 4.99 Å². The van der Waals surface area contributed by atoms with Gasteiger partial charge in [0, 0.05) is 5.56 Å². The van der Waals surface area contributed by atoms with E-state index < -0.39 is 17.9 Å². The molecule has 0 aliphatic carbocycles. The molecule has 0 radical (unpaired) electrons. The fraction of sp³-hybridized carbons (Fsp3) is 0.125. The molecule has 1 heterocycles. The SMILES string of the molecule is CCC(C(=O)O)n1c(=NC(=O)c2cccc(-c3ccccc3)c2)sc2ccccc21. The monoisotopic (exact) mass is 416 g/mol. The fourth-order valence-electron chi connectivity index (χ4n) is 3.45. The van der Waals surface area contributed by atoms with E-state index in [1.54, 1.807) is 10.6 Å². The number of para-hydroxylation sites is 1. The van der Waals surface area contributed by atoms with Crippen LogP contribution in [0, 0.1) is 0 Å². The lowest BCUT2D eigenvalue weighted by Gasteiger charge is -2.13. The van der Waals surface area contributed by atoms with Crippen molar-refractivity contribution in [3.8, 4) is 11.1 Å². The number of amides is 1. The summed E-state index contributed by atoms with van der Waals surface area (Å²) in [6, 6.07) is 23.9. The van der Waals surface area contributed by atoms with Gasteiger partial charge in [0.05, 0.1) is 10.2 Å². The van der Waals surface area contributed by atoms with Crippen LogP contribution in [0.1, 0.15) is 29.7 Å². The van der Waals surface area contributed by atoms with Crippen molar-refractivity contribution in [1.29, 1.82) is 0 Å². The van der Waals surface area contributed by atoms with Gasteiger partial charge in [-0.15, -0.1) is 0 Å². The molecule has 1 N–H and O–H groups in total. The number of carbonyl (C=O) groups excluding carboxylic acids is 1. The van der Waals surface area contributed by atoms with Crippen molar-refractivity contribution in [2.24, 2.45) is 4.99 Å². The van der Waals surface area contributed by atoms with E-state index in [0.29, 0.717) is 16.8 Å². The summed E-state index contributed by atoms with van der Waals surface area (Å²) in [4.78, 5) is 29.5. The fourth-order valence-corrected chi connectivity index (χ4v) is 4.52. The van der Waals surface area contributed by atoms with Gasteiger partial charge >= 0.3 is 5.97 Å². The quantitative estimate of drug-likeness (QED) is 0.489. The Morgan fingerprint density at radius 3 is 2.40 bits per heavy atom. The third kappa shape index (κ3) is 3.82. The first-order chi connectivity index (χ1) is 14.6. The summed E-state index contributed by atoms with van der Waals surface area (Å²) in [5.74, 6) is -1.34. The van der Waals surface area contributed by atoms with Crippen molar-refractivity contribution < 1.29 is 14.7 Å². The highest BCUT2D eigenvalue weighted by molar-refractivity contribution is 7.16. The van der Waals surface area contributed by atoms with Crippen LogP contribution in [0.4, 0.5) is 0 Å². The molecule has 1 unspecified atom stereocenters. The van der Waals surface area contributed by atoms with E-state index in [4.69, 9.17) is 0 Å². The number of aliphatic carboxylic acids is 1. The Kier molecular flexibility index (Phi) is 5.59. The second-order valence-corrected chi connectivity index (χ2v) is 7.86. The first kappa shape index (κ1) is 19.8. The number of thiazole rings is 1. The van der Waals surface area contributed by atoms with Crippen molar-refractivity contribution in [2.45, 2.75) is 19.4 Å². The number of carboxylic acid groups (broad SMARTS) is 1. The van der Waals surface area contributed by atoms with Crippen LogP contribution in [0.15, 0.2) is 83.9 Å². The van der Waals surface area contributed by atoms with Gasteiger partial charge in [-0.2, -0.15) is 4.99 Å². The van der Waals surface area contributed by atoms with Crippen molar-refractivity contribution in [1.82, 2.24) is 4.57 Å². The van der Waals surface area contributed by atoms with Crippen molar-refractivity contribution in [2.75, 3.05) is 0 Å². The van der Waals surface area contributed by atoms with Crippen molar-refractivity contribution in [3.63, 3.8) is 0 Å². The van der Waals surface area contributed by atoms with Crippen LogP contribution in [-0.4, -0.2) is 21.6 Å². The molecule has 0 aliphatic rings. The number of aromatic nitrogens is 1. The van der Waals surface area contributed by atoms with Crippen LogP contribution in [0.5, 0.6) is 0 Å². The van der Waals surface area contributed by atoms with E-state index >= 15 is 0 Å². The first-order valence-electron chi connectivity index (χ1n) is 9.66. The summed E-state index contributed by atoms with van der Waals surface area (Å²) in [5, 5.41) is 9.70. The summed E-state index contributed by atoms with van der Waals surface area (Å²) in [6.45, 7) is 1.81. The molecule has 1 aromatic heterocycles. The molecule has 1 atom stereocenters. The molecule has 0 aliphatic heterocycles. The number of rotatable bonds is 5. The van der Waals surface area contributed by atoms with E-state index in [0.717, 1.165) is 21.3 Å². The molecule has 1 amide bonds. The summed E-state index contributed by atoms with van der Waals surface area (Å²) < 4.78 is 2.54. The summed E-state index contributed by atoms with van der Waals surface area (Å²) >= 11 is 1.32. The Morgan fingerprint density at radius 1 is 0.967 bits per heavy atom. The lowest BCUT2D eigenvalue weighted by atomic mass is 10.0. The Bertz CT molecular complexity index is 1290. The molecule has 6 heteroatoms. The number of carbonyl (C=O) groups is 2. The molecule has 4 rings (SSSR count). The molecule has 0 bridgehead atoms. The number of benzene rings is 3. The first-order valence-corrected chi connectivity index (χ1v) is 10.5. The topological polar surface area (TPSA) is 71.7 Å². The summed E-state index contributed by atoms with van der Waals surface area (Å²) in [6.07, 6.45) is 0.390. The molecule has 30 heavy (non-hydrogen) atoms. The van der Waals surface area contributed by atoms with Crippen molar-refractivity contribution in [3.05, 3.63) is 89.2 Å². The molecule has 5 nitrogen and oxygen atoms in total. The number of hydrogen-bond acceptors (Lipinski definition) is 3. The Balaban J connectivity index is 1.82. The zero-order chi connectivity index (χ0) is 21.1. The lowest BCUT2D eigenvalue weighted by molar-refractivity contribution is -0.140. The highest BCUT2D eigenvalue weighted by Gasteiger charge is 2.22. The third-order valence-electron chi connectivity index (χ3n) is 4.93. The van der Waals surface area contributed by atoms with E-state index in [1.807, 2.05) is 79.7 Å².